The van der Waals surface area contributed by atoms with Gasteiger partial charge in [0.05, 0.1) is 0 Å². The van der Waals surface area contributed by atoms with Gasteiger partial charge in [-0.15, -0.1) is 0 Å². The highest BCUT2D eigenvalue weighted by atomic mass is 16.6. The second-order valence-corrected chi connectivity index (χ2v) is 6.69. The maximum absolute atomic E-state index is 11.2. The minimum Gasteiger partial charge on any atom is -0.475 e. The van der Waals surface area contributed by atoms with Crippen LogP contribution >= 0.6 is 0 Å². The third-order valence-electron chi connectivity index (χ3n) is 4.99. The zero-order valence-electron chi connectivity index (χ0n) is 11.2. The fourth-order valence-corrected chi connectivity index (χ4v) is 4.92. The van der Waals surface area contributed by atoms with Gasteiger partial charge in [-0.3, -0.25) is 4.79 Å². The molecule has 0 aromatic carbocycles. The van der Waals surface area contributed by atoms with Gasteiger partial charge in [0.2, 0.25) is 5.76 Å². The van der Waals surface area contributed by atoms with Gasteiger partial charge in [-0.05, 0) is 67.8 Å². The summed E-state index contributed by atoms with van der Waals surface area (Å²) in [6.45, 7) is 1.25. The van der Waals surface area contributed by atoms with Crippen molar-refractivity contribution in [2.45, 2.75) is 45.4 Å². The van der Waals surface area contributed by atoms with Crippen molar-refractivity contribution >= 4 is 11.9 Å². The van der Waals surface area contributed by atoms with Crippen LogP contribution in [0.15, 0.2) is 11.8 Å². The van der Waals surface area contributed by atoms with Gasteiger partial charge in [0.25, 0.3) is 0 Å². The normalized spacial score (nSPS) is 40.3. The monoisotopic (exact) mass is 264 g/mol. The molecule has 104 valence electrons. The van der Waals surface area contributed by atoms with Gasteiger partial charge in [-0.2, -0.15) is 0 Å². The summed E-state index contributed by atoms with van der Waals surface area (Å²) in [5, 5.41) is 9.18. The summed E-state index contributed by atoms with van der Waals surface area (Å²) in [6.07, 6.45) is 8.88. The van der Waals surface area contributed by atoms with Gasteiger partial charge in [-0.1, -0.05) is 0 Å². The Labute approximate surface area is 112 Å². The highest BCUT2D eigenvalue weighted by Gasteiger charge is 2.50. The van der Waals surface area contributed by atoms with Crippen LogP contribution < -0.4 is 0 Å². The third kappa shape index (κ3) is 2.40. The zero-order chi connectivity index (χ0) is 13.6. The molecule has 4 aliphatic carbocycles. The Morgan fingerprint density at radius 3 is 1.95 bits per heavy atom. The summed E-state index contributed by atoms with van der Waals surface area (Å²) in [6, 6.07) is 0. The molecule has 19 heavy (non-hydrogen) atoms. The number of allylic oxidation sites excluding steroid dienone is 1. The highest BCUT2D eigenvalue weighted by molar-refractivity contribution is 5.87. The fraction of sp³-hybridized carbons (Fsp3) is 0.733. The molecule has 0 radical (unpaired) electrons. The first-order valence-electron chi connectivity index (χ1n) is 7.10. The second-order valence-electron chi connectivity index (χ2n) is 6.69. The Morgan fingerprint density at radius 1 is 1.11 bits per heavy atom. The maximum atomic E-state index is 11.2. The number of ether oxygens (including phenoxy) is 1. The van der Waals surface area contributed by atoms with E-state index in [4.69, 9.17) is 4.74 Å². The summed E-state index contributed by atoms with van der Waals surface area (Å²) in [7, 11) is 0. The number of hydrogen-bond donors (Lipinski definition) is 1. The molecule has 1 N–H and O–H groups in total. The second kappa shape index (κ2) is 4.36. The van der Waals surface area contributed by atoms with Crippen LogP contribution in [0.25, 0.3) is 0 Å². The lowest BCUT2D eigenvalue weighted by Crippen LogP contribution is -2.45. The highest BCUT2D eigenvalue weighted by Crippen LogP contribution is 2.60. The average Bonchev–Trinajstić information content (AvgIpc) is 2.24. The van der Waals surface area contributed by atoms with Crippen molar-refractivity contribution in [3.8, 4) is 0 Å². The van der Waals surface area contributed by atoms with Crippen LogP contribution in [0.3, 0.4) is 0 Å². The molecule has 4 aliphatic rings. The van der Waals surface area contributed by atoms with E-state index in [-0.39, 0.29) is 11.2 Å². The Kier molecular flexibility index (Phi) is 2.91. The summed E-state index contributed by atoms with van der Waals surface area (Å²) in [4.78, 5) is 22.2. The van der Waals surface area contributed by atoms with Gasteiger partial charge in [-0.25, -0.2) is 4.79 Å². The maximum Gasteiger partial charge on any atom is 0.371 e. The zero-order valence-corrected chi connectivity index (χ0v) is 11.2. The lowest BCUT2D eigenvalue weighted by atomic mass is 9.49. The van der Waals surface area contributed by atoms with Crippen molar-refractivity contribution < 1.29 is 19.4 Å². The van der Waals surface area contributed by atoms with E-state index >= 15 is 0 Å². The van der Waals surface area contributed by atoms with Gasteiger partial charge < -0.3 is 9.84 Å². The molecule has 0 amide bonds. The SMILES string of the molecule is CC(=O)O/C(=C\C12CC3CC(CC(C3)C1)C2)C(=O)O. The van der Waals surface area contributed by atoms with Crippen LogP contribution in [0.1, 0.15) is 45.4 Å². The molecule has 0 heterocycles. The molecule has 4 nitrogen and oxygen atoms in total. The van der Waals surface area contributed by atoms with Crippen molar-refractivity contribution in [2.75, 3.05) is 0 Å². The van der Waals surface area contributed by atoms with Crippen molar-refractivity contribution in [2.24, 2.45) is 23.2 Å². The first-order valence-corrected chi connectivity index (χ1v) is 7.10. The molecule has 0 saturated heterocycles. The van der Waals surface area contributed by atoms with Crippen molar-refractivity contribution in [3.63, 3.8) is 0 Å². The molecule has 4 heteroatoms. The molecule has 0 spiro atoms. The summed E-state index contributed by atoms with van der Waals surface area (Å²) < 4.78 is 4.87. The lowest BCUT2D eigenvalue weighted by Gasteiger charge is -2.55. The Morgan fingerprint density at radius 2 is 1.58 bits per heavy atom. The van der Waals surface area contributed by atoms with Gasteiger partial charge in [0.15, 0.2) is 0 Å². The molecule has 4 bridgehead atoms. The number of carbonyl (C=O) groups excluding carboxylic acids is 1. The van der Waals surface area contributed by atoms with Crippen LogP contribution in [0, 0.1) is 23.2 Å². The van der Waals surface area contributed by atoms with E-state index in [0.29, 0.717) is 0 Å². The smallest absolute Gasteiger partial charge is 0.371 e. The van der Waals surface area contributed by atoms with E-state index < -0.39 is 11.9 Å². The number of hydrogen-bond acceptors (Lipinski definition) is 3. The first kappa shape index (κ1) is 12.7. The minimum atomic E-state index is -1.13. The Balaban J connectivity index is 1.87. The predicted molar refractivity (Wildman–Crippen MR) is 68.1 cm³/mol. The summed E-state index contributed by atoms with van der Waals surface area (Å²) in [5.74, 6) is 0.374. The largest absolute Gasteiger partial charge is 0.475 e. The number of carboxylic acids is 1. The number of carboxylic acid groups (broad SMARTS) is 1. The number of aliphatic carboxylic acids is 1. The van der Waals surface area contributed by atoms with Crippen LogP contribution in [0.4, 0.5) is 0 Å². The van der Waals surface area contributed by atoms with Crippen molar-refractivity contribution in [1.29, 1.82) is 0 Å². The van der Waals surface area contributed by atoms with Gasteiger partial charge in [0.1, 0.15) is 0 Å². The molecule has 0 unspecified atom stereocenters. The number of rotatable bonds is 3. The molecular weight excluding hydrogens is 244 g/mol. The molecule has 4 fully saturated rings. The lowest BCUT2D eigenvalue weighted by molar-refractivity contribution is -0.147. The predicted octanol–water partition coefficient (Wildman–Crippen LogP) is 2.73. The van der Waals surface area contributed by atoms with E-state index in [1.807, 2.05) is 0 Å². The van der Waals surface area contributed by atoms with Gasteiger partial charge >= 0.3 is 11.9 Å². The van der Waals surface area contributed by atoms with Crippen LogP contribution in [0.2, 0.25) is 0 Å². The molecule has 0 aromatic rings. The number of carbonyl (C=O) groups is 2. The number of esters is 1. The van der Waals surface area contributed by atoms with Crippen LogP contribution in [-0.2, 0) is 14.3 Å². The van der Waals surface area contributed by atoms with E-state index in [1.165, 1.54) is 26.2 Å². The summed E-state index contributed by atoms with van der Waals surface area (Å²) >= 11 is 0. The van der Waals surface area contributed by atoms with Crippen LogP contribution in [-0.4, -0.2) is 17.0 Å². The molecule has 0 aliphatic heterocycles. The molecule has 0 aromatic heterocycles. The third-order valence-corrected chi connectivity index (χ3v) is 4.99. The first-order chi connectivity index (χ1) is 8.96. The molecule has 4 saturated carbocycles. The molecule has 0 atom stereocenters. The van der Waals surface area contributed by atoms with Crippen LogP contribution in [0.5, 0.6) is 0 Å². The summed E-state index contributed by atoms with van der Waals surface area (Å²) in [5.41, 5.74) is -0.0298. The standard InChI is InChI=1S/C15H20O4/c1-9(16)19-13(14(17)18)8-15-5-10-2-11(6-15)4-12(3-10)7-15/h8,10-12H,2-7H2,1H3,(H,17,18)/b13-8-. The molecule has 4 rings (SSSR count). The fourth-order valence-electron chi connectivity index (χ4n) is 4.92. The van der Waals surface area contributed by atoms with Gasteiger partial charge in [0, 0.05) is 6.92 Å². The average molecular weight is 264 g/mol. The van der Waals surface area contributed by atoms with Crippen molar-refractivity contribution in [1.82, 2.24) is 0 Å². The quantitative estimate of drug-likeness (QED) is 0.483. The van der Waals surface area contributed by atoms with E-state index in [9.17, 15) is 14.7 Å². The molecular formula is C15H20O4. The van der Waals surface area contributed by atoms with E-state index in [2.05, 4.69) is 0 Å². The van der Waals surface area contributed by atoms with Crippen molar-refractivity contribution in [3.05, 3.63) is 11.8 Å². The minimum absolute atomic E-state index is 0.0298. The Bertz CT molecular complexity index is 414. The topological polar surface area (TPSA) is 63.6 Å². The van der Waals surface area contributed by atoms with E-state index in [1.54, 1.807) is 6.08 Å². The Hall–Kier alpha value is -1.32. The van der Waals surface area contributed by atoms with E-state index in [0.717, 1.165) is 37.0 Å².